The fourth-order valence-corrected chi connectivity index (χ4v) is 1.42. The maximum Gasteiger partial charge on any atom is 0.407 e. The minimum atomic E-state index is -5.68. The van der Waals surface area contributed by atoms with E-state index in [1.807, 2.05) is 0 Å². The number of alkyl halides is 6. The van der Waals surface area contributed by atoms with Crippen LogP contribution in [0.4, 0.5) is 26.3 Å². The highest BCUT2D eigenvalue weighted by Crippen LogP contribution is 2.41. The maximum atomic E-state index is 12.3. The molecular weight excluding hydrogens is 266 g/mol. The van der Waals surface area contributed by atoms with Crippen molar-refractivity contribution in [1.29, 1.82) is 0 Å². The highest BCUT2D eigenvalue weighted by Gasteiger charge is 2.61. The van der Waals surface area contributed by atoms with Crippen molar-refractivity contribution in [3.63, 3.8) is 0 Å². The first-order valence-electron chi connectivity index (χ1n) is 4.78. The number of ketones is 1. The van der Waals surface area contributed by atoms with Crippen molar-refractivity contribution in [2.75, 3.05) is 0 Å². The first-order chi connectivity index (χ1) is 8.09. The lowest BCUT2D eigenvalue weighted by atomic mass is 10.0. The molecule has 0 atom stereocenters. The molecule has 0 aromatic carbocycles. The van der Waals surface area contributed by atoms with E-state index in [0.29, 0.717) is 0 Å². The maximum absolute atomic E-state index is 12.3. The smallest absolute Gasteiger partial charge is 0.291 e. The van der Waals surface area contributed by atoms with Gasteiger partial charge in [-0.25, -0.2) is 0 Å². The van der Waals surface area contributed by atoms with Crippen molar-refractivity contribution >= 4 is 5.78 Å². The Morgan fingerprint density at radius 1 is 1.28 bits per heavy atom. The Kier molecular flexibility index (Phi) is 3.72. The lowest BCUT2D eigenvalue weighted by Crippen LogP contribution is -2.43. The van der Waals surface area contributed by atoms with Gasteiger partial charge in [-0.05, 0) is 13.0 Å². The van der Waals surface area contributed by atoms with Gasteiger partial charge in [-0.3, -0.25) is 9.48 Å². The zero-order valence-electron chi connectivity index (χ0n) is 9.01. The number of rotatable bonds is 3. The molecule has 0 fully saturated rings. The van der Waals surface area contributed by atoms with E-state index in [4.69, 9.17) is 0 Å². The third-order valence-electron chi connectivity index (χ3n) is 2.19. The van der Waals surface area contributed by atoms with Gasteiger partial charge in [0.1, 0.15) is 5.69 Å². The third-order valence-corrected chi connectivity index (χ3v) is 2.19. The highest BCUT2D eigenvalue weighted by atomic mass is 19.4. The molecule has 9 heteroatoms. The fourth-order valence-electron chi connectivity index (χ4n) is 1.42. The number of aromatic nitrogens is 2. The van der Waals surface area contributed by atoms with Gasteiger partial charge in [0.25, 0.3) is 0 Å². The predicted molar refractivity (Wildman–Crippen MR) is 47.8 cm³/mol. The zero-order chi connectivity index (χ0) is 14.1. The van der Waals surface area contributed by atoms with Gasteiger partial charge < -0.3 is 0 Å². The van der Waals surface area contributed by atoms with Crippen LogP contribution in [0.25, 0.3) is 0 Å². The van der Waals surface area contributed by atoms with Gasteiger partial charge in [0.05, 0.1) is 0 Å². The number of carbonyl (C=O) groups is 1. The summed E-state index contributed by atoms with van der Waals surface area (Å²) in [5.41, 5.74) is -0.711. The van der Waals surface area contributed by atoms with E-state index < -0.39 is 29.7 Å². The number of hydrogen-bond donors (Lipinski definition) is 0. The van der Waals surface area contributed by atoms with Crippen LogP contribution in [0.2, 0.25) is 0 Å². The Hall–Kier alpha value is -1.54. The van der Waals surface area contributed by atoms with Crippen LogP contribution >= 0.6 is 0 Å². The number of Topliss-reactive ketones (excluding diaryl/α,β-unsaturated/α-hetero) is 1. The summed E-state index contributed by atoms with van der Waals surface area (Å²) in [5, 5.41) is 3.46. The minimum Gasteiger partial charge on any atom is -0.291 e. The van der Waals surface area contributed by atoms with Crippen LogP contribution in [-0.4, -0.2) is 27.9 Å². The molecule has 0 saturated carbocycles. The van der Waals surface area contributed by atoms with Crippen LogP contribution in [0.1, 0.15) is 17.4 Å². The highest BCUT2D eigenvalue weighted by molar-refractivity contribution is 5.97. The van der Waals surface area contributed by atoms with Crippen molar-refractivity contribution in [2.45, 2.75) is 25.8 Å². The molecule has 0 radical (unpaired) electrons. The summed E-state index contributed by atoms with van der Waals surface area (Å²) >= 11 is 0. The molecule has 1 aromatic heterocycles. The van der Waals surface area contributed by atoms with E-state index in [0.717, 1.165) is 16.9 Å². The van der Waals surface area contributed by atoms with Gasteiger partial charge in [-0.2, -0.15) is 31.4 Å². The Labute approximate surface area is 97.4 Å². The van der Waals surface area contributed by atoms with Crippen molar-refractivity contribution in [2.24, 2.45) is 5.92 Å². The topological polar surface area (TPSA) is 34.9 Å². The lowest BCUT2D eigenvalue weighted by molar-refractivity contribution is -0.265. The average Bonchev–Trinajstić information content (AvgIpc) is 2.59. The molecule has 1 rings (SSSR count). The van der Waals surface area contributed by atoms with Crippen molar-refractivity contribution in [1.82, 2.24) is 9.78 Å². The van der Waals surface area contributed by atoms with E-state index in [1.54, 1.807) is 0 Å². The zero-order valence-corrected chi connectivity index (χ0v) is 9.01. The first kappa shape index (κ1) is 14.5. The molecule has 3 nitrogen and oxygen atoms in total. The van der Waals surface area contributed by atoms with Crippen molar-refractivity contribution < 1.29 is 31.1 Å². The molecule has 0 saturated heterocycles. The van der Waals surface area contributed by atoms with Gasteiger partial charge >= 0.3 is 12.4 Å². The predicted octanol–water partition coefficient (Wildman–Crippen LogP) is 2.83. The van der Waals surface area contributed by atoms with Crippen molar-refractivity contribution in [3.8, 4) is 0 Å². The molecule has 0 amide bonds. The van der Waals surface area contributed by atoms with E-state index >= 15 is 0 Å². The molecule has 0 aliphatic carbocycles. The molecule has 1 aromatic rings. The van der Waals surface area contributed by atoms with Gasteiger partial charge in [0, 0.05) is 12.7 Å². The molecule has 0 aliphatic rings. The Bertz CT molecular complexity index is 419. The van der Waals surface area contributed by atoms with Gasteiger partial charge in [0.15, 0.2) is 0 Å². The van der Waals surface area contributed by atoms with E-state index in [9.17, 15) is 31.1 Å². The van der Waals surface area contributed by atoms with Gasteiger partial charge in [-0.1, -0.05) is 0 Å². The number of carbonyl (C=O) groups excluding carboxylic acids is 1. The van der Waals surface area contributed by atoms with Crippen LogP contribution in [-0.2, 0) is 6.54 Å². The summed E-state index contributed by atoms with van der Waals surface area (Å²) in [4.78, 5) is 11.4. The molecule has 0 spiro atoms. The number of hydrogen-bond acceptors (Lipinski definition) is 2. The summed E-state index contributed by atoms with van der Waals surface area (Å²) in [6.07, 6.45) is -10.4. The number of halogens is 6. The molecule has 18 heavy (non-hydrogen) atoms. The largest absolute Gasteiger partial charge is 0.407 e. The molecule has 0 bridgehead atoms. The van der Waals surface area contributed by atoms with Crippen LogP contribution in [0.15, 0.2) is 12.3 Å². The van der Waals surface area contributed by atoms with Crippen molar-refractivity contribution in [3.05, 3.63) is 18.0 Å². The normalized spacial score (nSPS) is 13.1. The molecule has 0 aliphatic heterocycles. The second kappa shape index (κ2) is 4.62. The molecule has 0 unspecified atom stereocenters. The summed E-state index contributed by atoms with van der Waals surface area (Å²) in [7, 11) is 0. The summed E-state index contributed by atoms with van der Waals surface area (Å²) in [6, 6.07) is 0.830. The SMILES string of the molecule is CCn1nccc1C(=O)C(C(F)(F)F)C(F)(F)F. The third kappa shape index (κ3) is 2.82. The second-order valence-corrected chi connectivity index (χ2v) is 3.41. The summed E-state index contributed by atoms with van der Waals surface area (Å²) < 4.78 is 74.7. The molecular formula is C9H8F6N2O. The first-order valence-corrected chi connectivity index (χ1v) is 4.78. The van der Waals surface area contributed by atoms with E-state index in [2.05, 4.69) is 5.10 Å². The molecule has 1 heterocycles. The van der Waals surface area contributed by atoms with Crippen LogP contribution in [0.3, 0.4) is 0 Å². The monoisotopic (exact) mass is 274 g/mol. The van der Waals surface area contributed by atoms with Crippen LogP contribution < -0.4 is 0 Å². The lowest BCUT2D eigenvalue weighted by Gasteiger charge is -2.21. The molecule has 102 valence electrons. The Morgan fingerprint density at radius 3 is 2.17 bits per heavy atom. The van der Waals surface area contributed by atoms with E-state index in [1.165, 1.54) is 6.92 Å². The summed E-state index contributed by atoms with van der Waals surface area (Å²) in [5.74, 6) is -6.07. The Balaban J connectivity index is 3.20. The van der Waals surface area contributed by atoms with Gasteiger partial charge in [-0.15, -0.1) is 0 Å². The molecule has 0 N–H and O–H groups in total. The quantitative estimate of drug-likeness (QED) is 0.627. The fraction of sp³-hybridized carbons (Fsp3) is 0.556. The van der Waals surface area contributed by atoms with E-state index in [-0.39, 0.29) is 6.54 Å². The average molecular weight is 274 g/mol. The number of aryl methyl sites for hydroxylation is 1. The second-order valence-electron chi connectivity index (χ2n) is 3.41. The van der Waals surface area contributed by atoms with Crippen LogP contribution in [0.5, 0.6) is 0 Å². The standard InChI is InChI=1S/C9H8F6N2O/c1-2-17-5(3-4-16-17)6(18)7(8(10,11)12)9(13,14)15/h3-4,7H,2H2,1H3. The van der Waals surface area contributed by atoms with Gasteiger partial charge in [0.2, 0.25) is 11.7 Å². The minimum absolute atomic E-state index is 0.00346. The summed E-state index contributed by atoms with van der Waals surface area (Å²) in [6.45, 7) is 1.44. The Morgan fingerprint density at radius 2 is 1.78 bits per heavy atom. The number of nitrogens with zero attached hydrogens (tertiary/aromatic N) is 2. The van der Waals surface area contributed by atoms with Crippen LogP contribution in [0, 0.1) is 5.92 Å².